The van der Waals surface area contributed by atoms with E-state index >= 15 is 0 Å². The first-order chi connectivity index (χ1) is 31.7. The molecule has 0 amide bonds. The Bertz CT molecular complexity index is 1950. The number of hydrogen-bond donors (Lipinski definition) is 0. The minimum atomic E-state index is -0.458. The van der Waals surface area contributed by atoms with Gasteiger partial charge >= 0.3 is 11.9 Å². The Morgan fingerprint density at radius 1 is 0.523 bits per heavy atom. The maximum absolute atomic E-state index is 12.4. The van der Waals surface area contributed by atoms with Gasteiger partial charge in [0.1, 0.15) is 17.2 Å². The van der Waals surface area contributed by atoms with Gasteiger partial charge in [-0.05, 0) is 174 Å². The third kappa shape index (κ3) is 20.8. The van der Waals surface area contributed by atoms with Crippen LogP contribution >= 0.6 is 0 Å². The largest absolute Gasteiger partial charge is 0.494 e. The summed E-state index contributed by atoms with van der Waals surface area (Å²) >= 11 is 0. The number of benzene rings is 4. The van der Waals surface area contributed by atoms with Crippen LogP contribution < -0.4 is 14.2 Å². The highest BCUT2D eigenvalue weighted by Gasteiger charge is 2.21. The summed E-state index contributed by atoms with van der Waals surface area (Å²) in [7, 11) is 0. The molecule has 2 unspecified atom stereocenters. The zero-order valence-electron chi connectivity index (χ0n) is 40.8. The molecule has 0 radical (unpaired) electrons. The van der Waals surface area contributed by atoms with Gasteiger partial charge in [-0.25, -0.2) is 9.59 Å². The fraction of sp³-hybridized carbons (Fsp3) is 0.525. The number of carbonyl (C=O) groups is 2. The van der Waals surface area contributed by atoms with E-state index < -0.39 is 5.97 Å². The van der Waals surface area contributed by atoms with Crippen LogP contribution in [0.25, 0.3) is 0 Å². The van der Waals surface area contributed by atoms with Gasteiger partial charge in [0, 0.05) is 11.1 Å². The topological polar surface area (TPSA) is 71.1 Å². The van der Waals surface area contributed by atoms with Crippen molar-refractivity contribution in [1.82, 2.24) is 0 Å². The van der Waals surface area contributed by atoms with E-state index in [0.29, 0.717) is 23.5 Å². The highest BCUT2D eigenvalue weighted by atomic mass is 16.5. The van der Waals surface area contributed by atoms with E-state index in [1.165, 1.54) is 95.5 Å². The SMILES string of the molecule is CCCCCCC(C)Oc1ccc(C#Cc2ccc(C3CCC(CCC)CC3)cc2)cc1.CCCCCCOc1ccc(C(=O)Oc2ccc(C(=O)OC(C)CCCCCC)cc2)cc1. The van der Waals surface area contributed by atoms with E-state index in [-0.39, 0.29) is 18.2 Å². The zero-order valence-corrected chi connectivity index (χ0v) is 40.8. The van der Waals surface area contributed by atoms with E-state index in [1.807, 2.05) is 19.1 Å². The standard InChI is InChI=1S/C31H42O.C28H38O5/c1-4-6-7-8-10-25(3)32-31-23-17-28(18-24-31)12-11-27-15-21-30(22-16-27)29-19-13-26(9-5-2)14-20-29;1-4-6-8-10-12-22(3)32-27(29)23-15-19-26(20-16-23)33-28(30)24-13-17-25(18-14-24)31-21-11-9-7-5-2/h15-18,21-26,29H,4-10,13-14,19-20H2,1-3H3;13-20,22H,4-12,21H2,1-3H3. The minimum absolute atomic E-state index is 0.116. The van der Waals surface area contributed by atoms with E-state index in [9.17, 15) is 9.59 Å². The fourth-order valence-electron chi connectivity index (χ4n) is 8.34. The monoisotopic (exact) mass is 885 g/mol. The van der Waals surface area contributed by atoms with Crippen LogP contribution in [0.3, 0.4) is 0 Å². The second-order valence-electron chi connectivity index (χ2n) is 18.1. The first-order valence-electron chi connectivity index (χ1n) is 25.4. The van der Waals surface area contributed by atoms with Crippen molar-refractivity contribution in [2.75, 3.05) is 6.61 Å². The molecule has 0 aromatic heterocycles. The quantitative estimate of drug-likeness (QED) is 0.0286. The van der Waals surface area contributed by atoms with Crippen LogP contribution in [-0.2, 0) is 4.74 Å². The minimum Gasteiger partial charge on any atom is -0.494 e. The molecule has 0 spiro atoms. The Kier molecular flexibility index (Phi) is 25.1. The molecule has 0 saturated heterocycles. The van der Waals surface area contributed by atoms with Crippen molar-refractivity contribution < 1.29 is 28.5 Å². The molecule has 1 saturated carbocycles. The first-order valence-corrected chi connectivity index (χ1v) is 25.4. The van der Waals surface area contributed by atoms with Crippen molar-refractivity contribution in [2.45, 2.75) is 188 Å². The average Bonchev–Trinajstić information content (AvgIpc) is 3.32. The maximum Gasteiger partial charge on any atom is 0.343 e. The van der Waals surface area contributed by atoms with Crippen molar-refractivity contribution in [3.8, 4) is 29.1 Å². The Morgan fingerprint density at radius 3 is 1.57 bits per heavy atom. The third-order valence-corrected chi connectivity index (χ3v) is 12.4. The second kappa shape index (κ2) is 31.0. The summed E-state index contributed by atoms with van der Waals surface area (Å²) in [6, 6.07) is 30.6. The van der Waals surface area contributed by atoms with Gasteiger partial charge in [-0.3, -0.25) is 0 Å². The molecule has 6 nitrogen and oxygen atoms in total. The Hall–Kier alpha value is -5.02. The lowest BCUT2D eigenvalue weighted by Gasteiger charge is -2.28. The molecule has 4 aromatic rings. The van der Waals surface area contributed by atoms with Crippen LogP contribution in [0.2, 0.25) is 0 Å². The number of hydrogen-bond acceptors (Lipinski definition) is 6. The Balaban J connectivity index is 0.000000285. The molecule has 352 valence electrons. The zero-order chi connectivity index (χ0) is 46.5. The lowest BCUT2D eigenvalue weighted by Crippen LogP contribution is -2.15. The molecule has 65 heavy (non-hydrogen) atoms. The van der Waals surface area contributed by atoms with Crippen LogP contribution in [-0.4, -0.2) is 30.8 Å². The third-order valence-electron chi connectivity index (χ3n) is 12.4. The second-order valence-corrected chi connectivity index (χ2v) is 18.1. The van der Waals surface area contributed by atoms with E-state index in [2.05, 4.69) is 82.9 Å². The van der Waals surface area contributed by atoms with Crippen molar-refractivity contribution in [2.24, 2.45) is 5.92 Å². The molecule has 0 N–H and O–H groups in total. The molecular formula is C59H80O6. The van der Waals surface area contributed by atoms with Crippen molar-refractivity contribution >= 4 is 11.9 Å². The predicted molar refractivity (Wildman–Crippen MR) is 268 cm³/mol. The van der Waals surface area contributed by atoms with Crippen LogP contribution in [0.4, 0.5) is 0 Å². The van der Waals surface area contributed by atoms with Gasteiger partial charge < -0.3 is 18.9 Å². The van der Waals surface area contributed by atoms with Gasteiger partial charge in [-0.15, -0.1) is 0 Å². The lowest BCUT2D eigenvalue weighted by molar-refractivity contribution is 0.0319. The van der Waals surface area contributed by atoms with Crippen LogP contribution in [0, 0.1) is 17.8 Å². The average molecular weight is 885 g/mol. The van der Waals surface area contributed by atoms with Crippen LogP contribution in [0.15, 0.2) is 97.1 Å². The lowest BCUT2D eigenvalue weighted by atomic mass is 9.77. The van der Waals surface area contributed by atoms with Crippen LogP contribution in [0.5, 0.6) is 17.2 Å². The molecule has 0 bridgehead atoms. The molecule has 1 aliphatic carbocycles. The van der Waals surface area contributed by atoms with Gasteiger partial charge in [0.2, 0.25) is 0 Å². The smallest absolute Gasteiger partial charge is 0.343 e. The molecule has 1 fully saturated rings. The van der Waals surface area contributed by atoms with Gasteiger partial charge in [0.25, 0.3) is 0 Å². The molecule has 0 heterocycles. The molecule has 1 aliphatic rings. The fourth-order valence-corrected chi connectivity index (χ4v) is 8.34. The number of esters is 2. The molecule has 5 rings (SSSR count). The summed E-state index contributed by atoms with van der Waals surface area (Å²) in [5.74, 6) is 9.57. The van der Waals surface area contributed by atoms with Gasteiger partial charge in [0.05, 0.1) is 29.9 Å². The van der Waals surface area contributed by atoms with Crippen LogP contribution in [0.1, 0.15) is 213 Å². The summed E-state index contributed by atoms with van der Waals surface area (Å²) < 4.78 is 22.7. The van der Waals surface area contributed by atoms with E-state index in [1.54, 1.807) is 48.5 Å². The van der Waals surface area contributed by atoms with Gasteiger partial charge in [-0.2, -0.15) is 0 Å². The summed E-state index contributed by atoms with van der Waals surface area (Å²) in [5.41, 5.74) is 4.50. The molecule has 2 atom stereocenters. The van der Waals surface area contributed by atoms with Crippen molar-refractivity contribution in [3.05, 3.63) is 125 Å². The van der Waals surface area contributed by atoms with Crippen molar-refractivity contribution in [3.63, 3.8) is 0 Å². The molecule has 0 aliphatic heterocycles. The van der Waals surface area contributed by atoms with E-state index in [4.69, 9.17) is 18.9 Å². The normalized spacial score (nSPS) is 15.3. The first kappa shape index (κ1) is 52.6. The highest BCUT2D eigenvalue weighted by molar-refractivity contribution is 5.92. The van der Waals surface area contributed by atoms with E-state index in [0.717, 1.165) is 73.0 Å². The molecular weight excluding hydrogens is 805 g/mol. The molecule has 4 aromatic carbocycles. The highest BCUT2D eigenvalue weighted by Crippen LogP contribution is 2.37. The number of ether oxygens (including phenoxy) is 4. The summed E-state index contributed by atoms with van der Waals surface area (Å²) in [4.78, 5) is 24.7. The summed E-state index contributed by atoms with van der Waals surface area (Å²) in [6.45, 7) is 13.7. The Labute approximate surface area is 393 Å². The number of carbonyl (C=O) groups excluding carboxylic acids is 2. The number of rotatable bonds is 25. The summed E-state index contributed by atoms with van der Waals surface area (Å²) in [6.07, 6.45) is 24.7. The Morgan fingerprint density at radius 2 is 1.02 bits per heavy atom. The van der Waals surface area contributed by atoms with Gasteiger partial charge in [0.15, 0.2) is 0 Å². The van der Waals surface area contributed by atoms with Gasteiger partial charge in [-0.1, -0.05) is 122 Å². The molecule has 6 heteroatoms. The predicted octanol–water partition coefficient (Wildman–Crippen LogP) is 16.3. The number of unbranched alkanes of at least 4 members (excludes halogenated alkanes) is 9. The summed E-state index contributed by atoms with van der Waals surface area (Å²) in [5, 5.41) is 0. The maximum atomic E-state index is 12.4. The van der Waals surface area contributed by atoms with Crippen molar-refractivity contribution in [1.29, 1.82) is 0 Å².